The molecule has 118 valence electrons. The summed E-state index contributed by atoms with van der Waals surface area (Å²) < 4.78 is 4.47. The van der Waals surface area contributed by atoms with Crippen LogP contribution in [0.25, 0.3) is 0 Å². The molecule has 0 aromatic rings. The van der Waals surface area contributed by atoms with E-state index in [4.69, 9.17) is 5.11 Å². The Balaban J connectivity index is 5.00. The zero-order chi connectivity index (χ0) is 16.7. The number of esters is 1. The second-order valence-electron chi connectivity index (χ2n) is 4.61. The van der Waals surface area contributed by atoms with E-state index in [1.165, 1.54) is 21.0 Å². The van der Waals surface area contributed by atoms with Gasteiger partial charge in [-0.05, 0) is 27.7 Å². The van der Waals surface area contributed by atoms with Crippen LogP contribution >= 0.6 is 0 Å². The summed E-state index contributed by atoms with van der Waals surface area (Å²) >= 11 is 0. The van der Waals surface area contributed by atoms with Crippen LogP contribution in [-0.2, 0) is 19.1 Å². The molecule has 0 radical (unpaired) electrons. The van der Waals surface area contributed by atoms with E-state index < -0.39 is 23.9 Å². The highest BCUT2D eigenvalue weighted by atomic mass is 16.5. The summed E-state index contributed by atoms with van der Waals surface area (Å²) in [7, 11) is 1.19. The Morgan fingerprint density at radius 2 is 1.67 bits per heavy atom. The fraction of sp³-hybridized carbons (Fsp3) is 0.538. The Hall–Kier alpha value is -2.38. The predicted octanol–water partition coefficient (Wildman–Crippen LogP) is 0.527. The molecule has 0 heterocycles. The van der Waals surface area contributed by atoms with Crippen LogP contribution < -0.4 is 5.32 Å². The molecule has 21 heavy (non-hydrogen) atoms. The van der Waals surface area contributed by atoms with Gasteiger partial charge in [-0.3, -0.25) is 14.9 Å². The molecule has 0 aromatic heterocycles. The molecule has 0 atom stereocenters. The highest BCUT2D eigenvalue weighted by molar-refractivity contribution is 6.07. The number of nitrogens with one attached hydrogen (secondary N) is 1. The first-order valence-electron chi connectivity index (χ1n) is 6.21. The summed E-state index contributed by atoms with van der Waals surface area (Å²) in [6, 6.07) is -1.14. The Bertz CT molecular complexity index is 481. The third-order valence-corrected chi connectivity index (χ3v) is 2.86. The monoisotopic (exact) mass is 300 g/mol. The molecule has 8 heteroatoms. The van der Waals surface area contributed by atoms with Crippen LogP contribution in [0.2, 0.25) is 0 Å². The van der Waals surface area contributed by atoms with Gasteiger partial charge in [0, 0.05) is 17.2 Å². The number of carboxylic acid groups (broad SMARTS) is 1. The van der Waals surface area contributed by atoms with Gasteiger partial charge < -0.3 is 14.7 Å². The van der Waals surface area contributed by atoms with Crippen molar-refractivity contribution in [2.75, 3.05) is 13.7 Å². The zero-order valence-electron chi connectivity index (χ0n) is 12.7. The van der Waals surface area contributed by atoms with Crippen molar-refractivity contribution in [3.8, 4) is 0 Å². The number of aliphatic carboxylic acids is 1. The predicted molar refractivity (Wildman–Crippen MR) is 73.4 cm³/mol. The highest BCUT2D eigenvalue weighted by Crippen LogP contribution is 2.05. The summed E-state index contributed by atoms with van der Waals surface area (Å²) in [5.74, 6) is -2.69. The van der Waals surface area contributed by atoms with E-state index in [1.807, 2.05) is 5.32 Å². The van der Waals surface area contributed by atoms with Gasteiger partial charge in [0.1, 0.15) is 6.54 Å². The van der Waals surface area contributed by atoms with Crippen molar-refractivity contribution in [1.82, 2.24) is 10.2 Å². The minimum atomic E-state index is -1.25. The number of methoxy groups -OCH3 is 1. The van der Waals surface area contributed by atoms with E-state index in [0.29, 0.717) is 0 Å². The maximum atomic E-state index is 12.0. The topological polar surface area (TPSA) is 113 Å². The number of rotatable bonds is 5. The number of carbonyl (C=O) groups is 4. The van der Waals surface area contributed by atoms with Gasteiger partial charge >= 0.3 is 18.0 Å². The number of nitrogens with zero attached hydrogens (tertiary/aromatic N) is 1. The standard InChI is InChI=1S/C13H20N2O6/c1-7(2)15(6-10(16)21-5)13(20)14-11(17)8(3)9(4)12(18)19/h7H,6H2,1-5H3,(H,18,19)(H,14,17,20). The van der Waals surface area contributed by atoms with Gasteiger partial charge in [0.05, 0.1) is 7.11 Å². The SMILES string of the molecule is COC(=O)CN(C(=O)NC(=O)C(C)=C(C)C(=O)O)C(C)C. The molecule has 0 saturated carbocycles. The van der Waals surface area contributed by atoms with Gasteiger partial charge in [-0.2, -0.15) is 0 Å². The number of carboxylic acids is 1. The van der Waals surface area contributed by atoms with Crippen LogP contribution in [0.5, 0.6) is 0 Å². The zero-order valence-corrected chi connectivity index (χ0v) is 12.7. The van der Waals surface area contributed by atoms with Crippen molar-refractivity contribution >= 4 is 23.9 Å². The van der Waals surface area contributed by atoms with Crippen molar-refractivity contribution in [3.05, 3.63) is 11.1 Å². The van der Waals surface area contributed by atoms with Crippen molar-refractivity contribution in [1.29, 1.82) is 0 Å². The van der Waals surface area contributed by atoms with Crippen LogP contribution in [0.3, 0.4) is 0 Å². The average Bonchev–Trinajstić information content (AvgIpc) is 2.41. The van der Waals surface area contributed by atoms with Gasteiger partial charge in [0.25, 0.3) is 5.91 Å². The molecule has 0 aliphatic rings. The number of ether oxygens (including phenoxy) is 1. The molecular formula is C13H20N2O6. The van der Waals surface area contributed by atoms with Crippen molar-refractivity contribution in [3.63, 3.8) is 0 Å². The largest absolute Gasteiger partial charge is 0.478 e. The second kappa shape index (κ2) is 8.03. The Morgan fingerprint density at radius 1 is 1.14 bits per heavy atom. The molecule has 0 spiro atoms. The summed E-state index contributed by atoms with van der Waals surface area (Å²) in [6.07, 6.45) is 0. The number of hydrogen-bond donors (Lipinski definition) is 2. The maximum absolute atomic E-state index is 12.0. The van der Waals surface area contributed by atoms with Gasteiger partial charge in [-0.1, -0.05) is 0 Å². The summed E-state index contributed by atoms with van der Waals surface area (Å²) in [6.45, 7) is 5.58. The number of hydrogen-bond acceptors (Lipinski definition) is 5. The smallest absolute Gasteiger partial charge is 0.331 e. The van der Waals surface area contributed by atoms with E-state index >= 15 is 0 Å². The summed E-state index contributed by atoms with van der Waals surface area (Å²) in [5.41, 5.74) is -0.248. The lowest BCUT2D eigenvalue weighted by Gasteiger charge is -2.25. The maximum Gasteiger partial charge on any atom is 0.331 e. The lowest BCUT2D eigenvalue weighted by Crippen LogP contribution is -2.48. The molecule has 0 aliphatic carbocycles. The number of carbonyl (C=O) groups excluding carboxylic acids is 3. The van der Waals surface area contributed by atoms with Crippen molar-refractivity contribution in [2.45, 2.75) is 33.7 Å². The number of amides is 3. The van der Waals surface area contributed by atoms with Crippen LogP contribution in [0, 0.1) is 0 Å². The molecule has 0 aromatic carbocycles. The van der Waals surface area contributed by atoms with Crippen LogP contribution in [0.1, 0.15) is 27.7 Å². The van der Waals surface area contributed by atoms with Gasteiger partial charge in [0.15, 0.2) is 0 Å². The first-order chi connectivity index (χ1) is 9.61. The molecule has 2 N–H and O–H groups in total. The lowest BCUT2D eigenvalue weighted by atomic mass is 10.1. The van der Waals surface area contributed by atoms with E-state index in [9.17, 15) is 19.2 Å². The normalized spacial score (nSPS) is 11.5. The lowest BCUT2D eigenvalue weighted by molar-refractivity contribution is -0.141. The summed E-state index contributed by atoms with van der Waals surface area (Å²) in [5, 5.41) is 10.8. The van der Waals surface area contributed by atoms with Gasteiger partial charge in [-0.25, -0.2) is 9.59 Å². The van der Waals surface area contributed by atoms with Gasteiger partial charge in [-0.15, -0.1) is 0 Å². The average molecular weight is 300 g/mol. The van der Waals surface area contributed by atoms with Crippen LogP contribution in [0.15, 0.2) is 11.1 Å². The number of urea groups is 1. The molecule has 8 nitrogen and oxygen atoms in total. The van der Waals surface area contributed by atoms with E-state index in [1.54, 1.807) is 13.8 Å². The Morgan fingerprint density at radius 3 is 2.05 bits per heavy atom. The van der Waals surface area contributed by atoms with Crippen LogP contribution in [-0.4, -0.2) is 53.6 Å². The van der Waals surface area contributed by atoms with E-state index in [2.05, 4.69) is 4.74 Å². The molecule has 0 rings (SSSR count). The molecule has 0 unspecified atom stereocenters. The molecule has 3 amide bonds. The molecule has 0 bridgehead atoms. The first-order valence-corrected chi connectivity index (χ1v) is 6.21. The second-order valence-corrected chi connectivity index (χ2v) is 4.61. The quantitative estimate of drug-likeness (QED) is 0.565. The first kappa shape index (κ1) is 18.6. The molecular weight excluding hydrogens is 280 g/mol. The molecule has 0 aliphatic heterocycles. The minimum absolute atomic E-state index is 0.0855. The third-order valence-electron chi connectivity index (χ3n) is 2.86. The summed E-state index contributed by atoms with van der Waals surface area (Å²) in [4.78, 5) is 46.8. The minimum Gasteiger partial charge on any atom is -0.478 e. The number of imide groups is 1. The third kappa shape index (κ3) is 5.64. The van der Waals surface area contributed by atoms with Crippen LogP contribution in [0.4, 0.5) is 4.79 Å². The van der Waals surface area contributed by atoms with Crippen molar-refractivity contribution in [2.24, 2.45) is 0 Å². The molecule has 0 fully saturated rings. The molecule has 0 saturated heterocycles. The fourth-order valence-electron chi connectivity index (χ4n) is 1.29. The van der Waals surface area contributed by atoms with Crippen molar-refractivity contribution < 1.29 is 29.0 Å². The van der Waals surface area contributed by atoms with Gasteiger partial charge in [0.2, 0.25) is 0 Å². The van der Waals surface area contributed by atoms with E-state index in [-0.39, 0.29) is 23.7 Å². The van der Waals surface area contributed by atoms with E-state index in [0.717, 1.165) is 4.90 Å². The fourth-order valence-corrected chi connectivity index (χ4v) is 1.29. The Labute approximate surface area is 122 Å². The highest BCUT2D eigenvalue weighted by Gasteiger charge is 2.23. The Kier molecular flexibility index (Phi) is 7.12.